The molecule has 0 bridgehead atoms. The third kappa shape index (κ3) is 3.17. The molecule has 17 heavy (non-hydrogen) atoms. The molecular weight excluding hydrogens is 238 g/mol. The van der Waals surface area contributed by atoms with Gasteiger partial charge in [0.25, 0.3) is 0 Å². The Bertz CT molecular complexity index is 434. The molecule has 1 aromatic carbocycles. The Morgan fingerprint density at radius 1 is 1.47 bits per heavy atom. The van der Waals surface area contributed by atoms with Crippen LogP contribution < -0.4 is 14.8 Å². The van der Waals surface area contributed by atoms with Crippen LogP contribution in [0.3, 0.4) is 0 Å². The second-order valence-electron chi connectivity index (χ2n) is 3.42. The van der Waals surface area contributed by atoms with Crippen molar-refractivity contribution in [2.75, 3.05) is 23.6 Å². The number of fused-ring (bicyclic) bond motifs is 1. The average Bonchev–Trinajstić information content (AvgIpc) is 2.76. The Hall–Kier alpha value is -1.62. The van der Waals surface area contributed by atoms with Crippen molar-refractivity contribution in [2.24, 2.45) is 0 Å². The summed E-state index contributed by atoms with van der Waals surface area (Å²) in [6.45, 7) is 3.84. The summed E-state index contributed by atoms with van der Waals surface area (Å²) in [5.74, 6) is 2.54. The molecule has 5 heteroatoms. The predicted octanol–water partition coefficient (Wildman–Crippen LogP) is 2.27. The van der Waals surface area contributed by atoms with Crippen LogP contribution in [0.4, 0.5) is 5.69 Å². The summed E-state index contributed by atoms with van der Waals surface area (Å²) in [5, 5.41) is 2.80. The Morgan fingerprint density at radius 2 is 2.29 bits per heavy atom. The Labute approximate surface area is 104 Å². The lowest BCUT2D eigenvalue weighted by atomic mass is 10.3. The number of nitrogens with one attached hydrogen (secondary N) is 1. The molecule has 0 fully saturated rings. The molecule has 4 nitrogen and oxygen atoms in total. The van der Waals surface area contributed by atoms with Gasteiger partial charge in [0.05, 0.1) is 5.75 Å². The van der Waals surface area contributed by atoms with E-state index in [1.807, 2.05) is 0 Å². The standard InChI is InChI=1S/C12H13NO3S/c1-2-5-17-7-12(14)13-9-3-4-10-11(6-9)16-8-15-10/h2-4,6H,1,5,7-8H2,(H,13,14). The average molecular weight is 251 g/mol. The van der Waals surface area contributed by atoms with Crippen molar-refractivity contribution in [1.29, 1.82) is 0 Å². The number of carbonyl (C=O) groups is 1. The first kappa shape index (κ1) is 11.9. The van der Waals surface area contributed by atoms with Crippen LogP contribution in [-0.2, 0) is 4.79 Å². The van der Waals surface area contributed by atoms with Gasteiger partial charge >= 0.3 is 0 Å². The second kappa shape index (κ2) is 5.63. The van der Waals surface area contributed by atoms with Crippen molar-refractivity contribution >= 4 is 23.4 Å². The number of hydrogen-bond donors (Lipinski definition) is 1. The van der Waals surface area contributed by atoms with E-state index in [0.29, 0.717) is 17.3 Å². The molecule has 0 saturated carbocycles. The molecule has 1 aromatic rings. The molecule has 0 saturated heterocycles. The lowest BCUT2D eigenvalue weighted by Crippen LogP contribution is -2.14. The van der Waals surface area contributed by atoms with Gasteiger partial charge in [-0.1, -0.05) is 6.08 Å². The highest BCUT2D eigenvalue weighted by molar-refractivity contribution is 8.00. The number of rotatable bonds is 5. The fourth-order valence-corrected chi connectivity index (χ4v) is 1.95. The summed E-state index contributed by atoms with van der Waals surface area (Å²) in [6, 6.07) is 5.34. The van der Waals surface area contributed by atoms with E-state index >= 15 is 0 Å². The summed E-state index contributed by atoms with van der Waals surface area (Å²) in [4.78, 5) is 11.5. The van der Waals surface area contributed by atoms with E-state index in [-0.39, 0.29) is 12.7 Å². The van der Waals surface area contributed by atoms with Crippen molar-refractivity contribution in [1.82, 2.24) is 0 Å². The molecule has 1 amide bonds. The van der Waals surface area contributed by atoms with E-state index in [2.05, 4.69) is 11.9 Å². The van der Waals surface area contributed by atoms with E-state index in [1.54, 1.807) is 24.3 Å². The quantitative estimate of drug-likeness (QED) is 0.644. The molecule has 0 aliphatic carbocycles. The largest absolute Gasteiger partial charge is 0.454 e. The van der Waals surface area contributed by atoms with Crippen molar-refractivity contribution in [3.63, 3.8) is 0 Å². The number of benzene rings is 1. The molecular formula is C12H13NO3S. The van der Waals surface area contributed by atoms with Crippen LogP contribution in [0.25, 0.3) is 0 Å². The summed E-state index contributed by atoms with van der Waals surface area (Å²) in [6.07, 6.45) is 1.78. The lowest BCUT2D eigenvalue weighted by molar-refractivity contribution is -0.113. The number of carbonyl (C=O) groups excluding carboxylic acids is 1. The molecule has 0 aromatic heterocycles. The number of ether oxygens (including phenoxy) is 2. The van der Waals surface area contributed by atoms with Crippen molar-refractivity contribution in [3.8, 4) is 11.5 Å². The van der Waals surface area contributed by atoms with Crippen LogP contribution in [0.15, 0.2) is 30.9 Å². The van der Waals surface area contributed by atoms with Crippen LogP contribution in [0, 0.1) is 0 Å². The molecule has 1 aliphatic heterocycles. The van der Waals surface area contributed by atoms with Gasteiger partial charge in [0.15, 0.2) is 11.5 Å². The molecule has 1 heterocycles. The van der Waals surface area contributed by atoms with Gasteiger partial charge < -0.3 is 14.8 Å². The van der Waals surface area contributed by atoms with Crippen LogP contribution >= 0.6 is 11.8 Å². The van der Waals surface area contributed by atoms with Crippen LogP contribution in [0.1, 0.15) is 0 Å². The van der Waals surface area contributed by atoms with Crippen LogP contribution in [0.2, 0.25) is 0 Å². The normalized spacial score (nSPS) is 12.2. The van der Waals surface area contributed by atoms with E-state index in [1.165, 1.54) is 11.8 Å². The zero-order chi connectivity index (χ0) is 12.1. The SMILES string of the molecule is C=CCSCC(=O)Nc1ccc2c(c1)OCO2. The maximum Gasteiger partial charge on any atom is 0.234 e. The topological polar surface area (TPSA) is 47.6 Å². The van der Waals surface area contributed by atoms with Gasteiger partial charge in [-0.3, -0.25) is 4.79 Å². The van der Waals surface area contributed by atoms with Crippen molar-refractivity contribution in [3.05, 3.63) is 30.9 Å². The minimum Gasteiger partial charge on any atom is -0.454 e. The molecule has 2 rings (SSSR count). The number of thioether (sulfide) groups is 1. The Kier molecular flexibility index (Phi) is 3.93. The molecule has 0 radical (unpaired) electrons. The summed E-state index contributed by atoms with van der Waals surface area (Å²) >= 11 is 1.52. The third-order valence-electron chi connectivity index (χ3n) is 2.13. The van der Waals surface area contributed by atoms with Crippen molar-refractivity contribution < 1.29 is 14.3 Å². The highest BCUT2D eigenvalue weighted by Crippen LogP contribution is 2.34. The Balaban J connectivity index is 1.90. The predicted molar refractivity (Wildman–Crippen MR) is 68.7 cm³/mol. The van der Waals surface area contributed by atoms with Gasteiger partial charge in [-0.2, -0.15) is 0 Å². The van der Waals surface area contributed by atoms with Gasteiger partial charge in [0.2, 0.25) is 12.7 Å². The van der Waals surface area contributed by atoms with Crippen LogP contribution in [-0.4, -0.2) is 24.2 Å². The molecule has 1 aliphatic rings. The van der Waals surface area contributed by atoms with Crippen LogP contribution in [0.5, 0.6) is 11.5 Å². The smallest absolute Gasteiger partial charge is 0.234 e. The number of anilines is 1. The highest BCUT2D eigenvalue weighted by Gasteiger charge is 2.13. The van der Waals surface area contributed by atoms with Gasteiger partial charge in [0.1, 0.15) is 0 Å². The van der Waals surface area contributed by atoms with E-state index in [9.17, 15) is 4.79 Å². The van der Waals surface area contributed by atoms with Gasteiger partial charge in [0, 0.05) is 17.5 Å². The fraction of sp³-hybridized carbons (Fsp3) is 0.250. The van der Waals surface area contributed by atoms with Crippen molar-refractivity contribution in [2.45, 2.75) is 0 Å². The number of hydrogen-bond acceptors (Lipinski definition) is 4. The maximum absolute atomic E-state index is 11.5. The van der Waals surface area contributed by atoms with E-state index in [4.69, 9.17) is 9.47 Å². The maximum atomic E-state index is 11.5. The zero-order valence-corrected chi connectivity index (χ0v) is 10.1. The molecule has 0 unspecified atom stereocenters. The van der Waals surface area contributed by atoms with Gasteiger partial charge in [-0.25, -0.2) is 0 Å². The molecule has 0 atom stereocenters. The summed E-state index contributed by atoms with van der Waals surface area (Å²) < 4.78 is 10.4. The summed E-state index contributed by atoms with van der Waals surface area (Å²) in [7, 11) is 0. The third-order valence-corrected chi connectivity index (χ3v) is 3.06. The minimum absolute atomic E-state index is 0.0317. The molecule has 90 valence electrons. The summed E-state index contributed by atoms with van der Waals surface area (Å²) in [5.41, 5.74) is 0.721. The first-order chi connectivity index (χ1) is 8.29. The fourth-order valence-electron chi connectivity index (χ4n) is 1.41. The second-order valence-corrected chi connectivity index (χ2v) is 4.45. The number of amides is 1. The minimum atomic E-state index is -0.0317. The first-order valence-electron chi connectivity index (χ1n) is 5.18. The Morgan fingerprint density at radius 3 is 3.12 bits per heavy atom. The molecule has 0 spiro atoms. The van der Waals surface area contributed by atoms with Gasteiger partial charge in [-0.05, 0) is 12.1 Å². The van der Waals surface area contributed by atoms with E-state index < -0.39 is 0 Å². The lowest BCUT2D eigenvalue weighted by Gasteiger charge is -2.05. The monoisotopic (exact) mass is 251 g/mol. The zero-order valence-electron chi connectivity index (χ0n) is 9.27. The highest BCUT2D eigenvalue weighted by atomic mass is 32.2. The first-order valence-corrected chi connectivity index (χ1v) is 6.33. The molecule has 1 N–H and O–H groups in total. The van der Waals surface area contributed by atoms with E-state index in [0.717, 1.165) is 11.4 Å². The van der Waals surface area contributed by atoms with Gasteiger partial charge in [-0.15, -0.1) is 18.3 Å².